The molecule has 0 saturated carbocycles. The minimum atomic E-state index is -0.679. The van der Waals surface area contributed by atoms with Crippen molar-refractivity contribution in [3.8, 4) is 34.5 Å². The van der Waals surface area contributed by atoms with Gasteiger partial charge in [0.2, 0.25) is 0 Å². The summed E-state index contributed by atoms with van der Waals surface area (Å²) < 4.78 is 41.7. The maximum atomic E-state index is 14.0. The molecule has 0 aromatic heterocycles. The Morgan fingerprint density at radius 3 is 0.595 bits per heavy atom. The number of rotatable bonds is 47. The third-order valence-corrected chi connectivity index (χ3v) is 16.4. The van der Waals surface area contributed by atoms with E-state index < -0.39 is 41.9 Å². The van der Waals surface area contributed by atoms with Gasteiger partial charge in [0, 0.05) is 81.7 Å². The summed E-state index contributed by atoms with van der Waals surface area (Å²) in [6, 6.07) is 40.8. The second-order valence-corrected chi connectivity index (χ2v) is 30.3. The summed E-state index contributed by atoms with van der Waals surface area (Å²) in [5.41, 5.74) is 10.3. The Labute approximate surface area is 802 Å². The Morgan fingerprint density at radius 1 is 0.262 bits per heavy atom. The van der Waals surface area contributed by atoms with Crippen LogP contribution in [0.3, 0.4) is 0 Å². The summed E-state index contributed by atoms with van der Waals surface area (Å²) in [6.07, 6.45) is 0. The van der Waals surface area contributed by atoms with Gasteiger partial charge in [0.1, 0.15) is 74.1 Å². The second kappa shape index (κ2) is 63.4. The van der Waals surface area contributed by atoms with Crippen LogP contribution < -0.4 is 81.6 Å². The molecule has 32 nitrogen and oxygen atoms in total. The van der Waals surface area contributed by atoms with E-state index in [-0.39, 0.29) is 130 Å². The maximum absolute atomic E-state index is 14.0. The fourth-order valence-corrected chi connectivity index (χ4v) is 12.1. The second-order valence-electron chi connectivity index (χ2n) is 30.3. The van der Waals surface area contributed by atoms with Crippen molar-refractivity contribution in [2.45, 2.75) is 52.4 Å². The molecule has 7 aromatic carbocycles. The van der Waals surface area contributed by atoms with Crippen molar-refractivity contribution >= 4 is 122 Å². The normalized spacial score (nSPS) is 10.8. The van der Waals surface area contributed by atoms with Crippen molar-refractivity contribution in [3.63, 3.8) is 0 Å². The third-order valence-electron chi connectivity index (χ3n) is 16.4. The average molecular weight is 2180 g/mol. The van der Waals surface area contributed by atoms with Crippen LogP contribution in [0.25, 0.3) is 0 Å². The molecule has 0 fully saturated rings. The van der Waals surface area contributed by atoms with Crippen LogP contribution >= 0.6 is 56.9 Å². The van der Waals surface area contributed by atoms with Crippen molar-refractivity contribution < 1.29 is 121 Å². The Hall–Kier alpha value is -7.60. The first kappa shape index (κ1) is 113. The van der Waals surface area contributed by atoms with Crippen LogP contribution in [0.5, 0.6) is 34.5 Å². The van der Waals surface area contributed by atoms with E-state index >= 15 is 0 Å². The topological polar surface area (TPSA) is 330 Å². The Morgan fingerprint density at radius 2 is 0.429 bits per heavy atom. The zero-order chi connectivity index (χ0) is 93.8. The number of nitrogens with one attached hydrogen (secondary N) is 10. The number of ether oxygens (including phenoxy) is 7. The first-order valence-corrected chi connectivity index (χ1v) is 48.9. The predicted molar refractivity (Wildman–Crippen MR) is 492 cm³/mol. The number of halogens is 4. The number of nitrogens with zero attached hydrogens (tertiary/aromatic N) is 8. The zero-order valence-corrected chi connectivity index (χ0v) is 84.3. The van der Waals surface area contributed by atoms with Crippen LogP contribution in [0.2, 0.25) is 0 Å². The summed E-state index contributed by atoms with van der Waals surface area (Å²) in [7, 11) is 32.6. The van der Waals surface area contributed by atoms with Gasteiger partial charge < -0.3 is 126 Å². The Bertz CT molecular complexity index is 3900. The molecule has 0 saturated heterocycles. The van der Waals surface area contributed by atoms with Crippen LogP contribution in [-0.4, -0.2) is 280 Å². The number of carbonyl (C=O) groups is 7. The molecule has 7 aromatic rings. The number of esters is 1. The summed E-state index contributed by atoms with van der Waals surface area (Å²) >= 11 is 25.0. The van der Waals surface area contributed by atoms with Crippen LogP contribution in [-0.2, 0) is 112 Å². The van der Waals surface area contributed by atoms with E-state index in [0.29, 0.717) is 75.1 Å². The molecule has 0 bridgehead atoms. The van der Waals surface area contributed by atoms with E-state index in [1.54, 1.807) is 18.2 Å². The standard InChI is InChI=1S/C86H118N18O14.4BrH.4Ni/c1-97(2)51-59-30-60(52-98(3)4)35-70(34-59)93-83(108)89-20-26-115-74-42-67(43-75(48-74)116-27-21-90-84(109)94-71-36-61(53-99(5)6)31-62(37-71)54-100(7)8)80(105)87-18-24-113-78-46-69(82(107)112-17)47-79(50-78)114-25-19-88-81(106)68-44-76(117-28-22-91-85(110)95-72-38-63(55-101(9)10)32-64(39-72)56-102(11)12)49-77(45-68)118-29-23-92-86(111)96-73-40-65(57-103(13)14)33-66(41-73)58-104(15)16;;;;;;;;/h34-50H,18-29,51-58H2,1-17H3,(H,87,105)(H,88,106)(H2,89,93,108)(H2,90,94,109)(H2,91,95,110)(H2,92,96,111);4*1H;;;;/q-4;;;;;4*+1/p-4. The molecule has 0 spiro atoms. The predicted octanol–water partition coefficient (Wildman–Crippen LogP) is 11.0. The van der Waals surface area contributed by atoms with Gasteiger partial charge >= 0.3 is 142 Å². The minimum absolute atomic E-state index is 0.0123. The number of methoxy groups -OCH3 is 1. The Kier molecular flexibility index (Phi) is 56.6. The first-order chi connectivity index (χ1) is 60.2. The SMILES string of the molecule is COC(=O)c1cc(OCCNC(=O)c2cc(OCCNC(=O)Nc3cc(CN(C)C)[c-]c(CN(C)C)c3)cc(OCCNC(=O)Nc3cc(CN(C)C)[c-]c(CN(C)C)c3)c2)cc(OCCNC(=O)c2cc(OCCNC(=O)Nc3cc(CN(C)C)[c-]c(CN(C)C)c3)cc(OCCNC(=O)Nc3cc(CN(C)C)[c-]c(CN(C)C)c3)c2)c1.[Ni][Br].[Ni][Br].[Ni][Br].[Ni][Br]. The first-order valence-electron chi connectivity index (χ1n) is 39.2. The molecule has 40 heteroatoms. The quantitative estimate of drug-likeness (QED) is 0.00733. The van der Waals surface area contributed by atoms with Crippen molar-refractivity contribution in [2.24, 2.45) is 0 Å². The number of urea groups is 4. The molecule has 0 atom stereocenters. The monoisotopic (exact) mass is 2170 g/mol. The molecule has 0 aliphatic heterocycles. The number of carbonyl (C=O) groups excluding carboxylic acids is 7. The molecule has 0 aliphatic carbocycles. The van der Waals surface area contributed by atoms with Gasteiger partial charge in [0.05, 0.1) is 51.9 Å². The van der Waals surface area contributed by atoms with Gasteiger partial charge in [0.15, 0.2) is 0 Å². The summed E-state index contributed by atoms with van der Waals surface area (Å²) in [6.45, 7) is 5.30. The van der Waals surface area contributed by atoms with E-state index in [4.69, 9.17) is 33.2 Å². The van der Waals surface area contributed by atoms with E-state index in [0.717, 1.165) is 44.5 Å². The molecule has 10 N–H and O–H groups in total. The van der Waals surface area contributed by atoms with Crippen molar-refractivity contribution in [2.75, 3.05) is 220 Å². The molecule has 0 aliphatic rings. The number of hydrogen-bond donors (Lipinski definition) is 10. The Balaban J connectivity index is 0.00000497. The van der Waals surface area contributed by atoms with Gasteiger partial charge in [-0.2, -0.15) is 24.3 Å². The number of amides is 10. The zero-order valence-electron chi connectivity index (χ0n) is 74.0. The molecule has 126 heavy (non-hydrogen) atoms. The molecule has 0 unspecified atom stereocenters. The van der Waals surface area contributed by atoms with Crippen LogP contribution in [0.4, 0.5) is 41.9 Å². The molecule has 7 rings (SSSR count). The molecule has 0 heterocycles. The number of hydrogen-bond acceptors (Lipinski definition) is 22. The summed E-state index contributed by atoms with van der Waals surface area (Å²) in [5.74, 6) is -0.273. The average Bonchev–Trinajstić information content (AvgIpc) is 0.871. The van der Waals surface area contributed by atoms with Crippen LogP contribution in [0.15, 0.2) is 103 Å². The van der Waals surface area contributed by atoms with Crippen molar-refractivity contribution in [1.29, 1.82) is 0 Å². The fraction of sp³-hybridized carbons (Fsp3) is 0.430. The number of benzene rings is 7. The van der Waals surface area contributed by atoms with Gasteiger partial charge in [-0.25, -0.2) is 24.0 Å². The van der Waals surface area contributed by atoms with Gasteiger partial charge in [-0.1, -0.05) is 22.7 Å². The third kappa shape index (κ3) is 47.6. The fourth-order valence-electron chi connectivity index (χ4n) is 12.1. The molecule has 0 radical (unpaired) electrons. The number of anilines is 4. The van der Waals surface area contributed by atoms with Crippen LogP contribution in [0, 0.1) is 24.3 Å². The van der Waals surface area contributed by atoms with E-state index in [1.807, 2.05) is 200 Å². The van der Waals surface area contributed by atoms with Gasteiger partial charge in [0.25, 0.3) is 11.8 Å². The van der Waals surface area contributed by atoms with E-state index in [2.05, 4.69) is 189 Å². The molecule has 708 valence electrons. The van der Waals surface area contributed by atoms with E-state index in [1.165, 1.54) is 43.5 Å². The van der Waals surface area contributed by atoms with Crippen molar-refractivity contribution in [3.05, 3.63) is 189 Å². The van der Waals surface area contributed by atoms with Gasteiger partial charge in [-0.05, 0) is 149 Å². The van der Waals surface area contributed by atoms with Crippen molar-refractivity contribution in [1.82, 2.24) is 71.1 Å². The van der Waals surface area contributed by atoms with Crippen LogP contribution in [0.1, 0.15) is 75.6 Å². The summed E-state index contributed by atoms with van der Waals surface area (Å²) in [5, 5.41) is 28.7. The molecular weight excluding hydrogens is 2060 g/mol. The summed E-state index contributed by atoms with van der Waals surface area (Å²) in [4.78, 5) is 110. The van der Waals surface area contributed by atoms with E-state index in [9.17, 15) is 33.6 Å². The molecule has 10 amide bonds. The van der Waals surface area contributed by atoms with Gasteiger partial charge in [-0.3, -0.25) is 9.59 Å². The van der Waals surface area contributed by atoms with Gasteiger partial charge in [-0.15, -0.1) is 93.0 Å². The molecular formula is C86H118Br4N18Ni4O14-4.